The Morgan fingerprint density at radius 2 is 2.06 bits per heavy atom. The molecule has 1 aromatic rings. The van der Waals surface area contributed by atoms with Crippen molar-refractivity contribution in [2.45, 2.75) is 32.5 Å². The minimum atomic E-state index is -4.05. The lowest BCUT2D eigenvalue weighted by molar-refractivity contribution is -0.135. The molecular weight excluding hydrogens is 217 g/mol. The highest BCUT2D eigenvalue weighted by molar-refractivity contribution is 5.09. The molecule has 0 radical (unpaired) electrons. The number of alkyl halides is 3. The zero-order valence-corrected chi connectivity index (χ0v) is 9.14. The van der Waals surface area contributed by atoms with Crippen LogP contribution in [-0.2, 0) is 6.54 Å². The van der Waals surface area contributed by atoms with Gasteiger partial charge in [0.1, 0.15) is 0 Å². The van der Waals surface area contributed by atoms with Gasteiger partial charge < -0.3 is 5.32 Å². The summed E-state index contributed by atoms with van der Waals surface area (Å²) in [6.07, 6.45) is -4.68. The minimum absolute atomic E-state index is 0.106. The van der Waals surface area contributed by atoms with Gasteiger partial charge in [0.15, 0.2) is 0 Å². The molecule has 0 fully saturated rings. The average molecular weight is 232 g/mol. The molecule has 1 heterocycles. The van der Waals surface area contributed by atoms with Crippen LogP contribution in [0.4, 0.5) is 13.2 Å². The number of aromatic nitrogens is 1. The Bertz CT molecular complexity index is 323. The van der Waals surface area contributed by atoms with Crippen molar-refractivity contribution in [1.82, 2.24) is 10.3 Å². The summed E-state index contributed by atoms with van der Waals surface area (Å²) in [5.41, 5.74) is 1.77. The molecule has 90 valence electrons. The number of halogens is 3. The molecule has 1 aromatic heterocycles. The van der Waals surface area contributed by atoms with Crippen LogP contribution in [0.2, 0.25) is 0 Å². The van der Waals surface area contributed by atoms with Gasteiger partial charge in [-0.2, -0.15) is 13.2 Å². The van der Waals surface area contributed by atoms with E-state index in [1.54, 1.807) is 0 Å². The molecule has 0 aliphatic rings. The second-order valence-electron chi connectivity index (χ2n) is 3.67. The Balaban J connectivity index is 2.17. The van der Waals surface area contributed by atoms with E-state index >= 15 is 0 Å². The van der Waals surface area contributed by atoms with Gasteiger partial charge in [-0.05, 0) is 32.0 Å². The minimum Gasteiger partial charge on any atom is -0.311 e. The van der Waals surface area contributed by atoms with Crippen molar-refractivity contribution < 1.29 is 13.2 Å². The first kappa shape index (κ1) is 13.0. The number of hydrogen-bond acceptors (Lipinski definition) is 2. The average Bonchev–Trinajstić information content (AvgIpc) is 2.15. The topological polar surface area (TPSA) is 24.9 Å². The van der Waals surface area contributed by atoms with Crippen LogP contribution in [0.15, 0.2) is 18.2 Å². The van der Waals surface area contributed by atoms with Gasteiger partial charge in [-0.25, -0.2) is 0 Å². The quantitative estimate of drug-likeness (QED) is 0.789. The molecule has 1 N–H and O–H groups in total. The molecule has 2 nitrogen and oxygen atoms in total. The van der Waals surface area contributed by atoms with E-state index in [0.29, 0.717) is 13.1 Å². The van der Waals surface area contributed by atoms with Crippen LogP contribution < -0.4 is 5.32 Å². The fourth-order valence-electron chi connectivity index (χ4n) is 1.33. The zero-order chi connectivity index (χ0) is 12.0. The van der Waals surface area contributed by atoms with E-state index in [2.05, 4.69) is 10.3 Å². The number of hydrogen-bond donors (Lipinski definition) is 1. The highest BCUT2D eigenvalue weighted by Gasteiger charge is 2.25. The van der Waals surface area contributed by atoms with Gasteiger partial charge in [-0.3, -0.25) is 4.98 Å². The molecule has 0 spiro atoms. The van der Waals surface area contributed by atoms with Crippen molar-refractivity contribution in [2.75, 3.05) is 6.54 Å². The molecule has 16 heavy (non-hydrogen) atoms. The Morgan fingerprint density at radius 1 is 1.31 bits per heavy atom. The normalized spacial score (nSPS) is 11.8. The van der Waals surface area contributed by atoms with Crippen LogP contribution >= 0.6 is 0 Å². The molecule has 5 heteroatoms. The Labute approximate surface area is 92.9 Å². The lowest BCUT2D eigenvalue weighted by atomic mass is 10.3. The van der Waals surface area contributed by atoms with Crippen molar-refractivity contribution in [3.8, 4) is 0 Å². The molecule has 0 aliphatic heterocycles. The number of aryl methyl sites for hydroxylation is 1. The number of rotatable bonds is 5. The summed E-state index contributed by atoms with van der Waals surface area (Å²) in [6.45, 7) is 2.75. The summed E-state index contributed by atoms with van der Waals surface area (Å²) < 4.78 is 35.5. The summed E-state index contributed by atoms with van der Waals surface area (Å²) in [4.78, 5) is 4.23. The van der Waals surface area contributed by atoms with Gasteiger partial charge in [-0.15, -0.1) is 0 Å². The molecular formula is C11H15F3N2. The second kappa shape index (κ2) is 5.84. The van der Waals surface area contributed by atoms with E-state index in [-0.39, 0.29) is 6.42 Å². The highest BCUT2D eigenvalue weighted by Crippen LogP contribution is 2.20. The van der Waals surface area contributed by atoms with Gasteiger partial charge in [0, 0.05) is 18.7 Å². The summed E-state index contributed by atoms with van der Waals surface area (Å²) >= 11 is 0. The smallest absolute Gasteiger partial charge is 0.311 e. The number of pyridine rings is 1. The van der Waals surface area contributed by atoms with Gasteiger partial charge >= 0.3 is 6.18 Å². The third-order valence-electron chi connectivity index (χ3n) is 2.07. The third kappa shape index (κ3) is 5.70. The standard InChI is InChI=1S/C11H15F3N2/c1-9-4-2-5-10(16-9)8-15-7-3-6-11(12,13)14/h2,4-5,15H,3,6-8H2,1H3. The van der Waals surface area contributed by atoms with E-state index < -0.39 is 12.6 Å². The van der Waals surface area contributed by atoms with Crippen LogP contribution in [0.1, 0.15) is 24.2 Å². The van der Waals surface area contributed by atoms with E-state index in [4.69, 9.17) is 0 Å². The first-order chi connectivity index (χ1) is 7.47. The van der Waals surface area contributed by atoms with Crippen molar-refractivity contribution >= 4 is 0 Å². The van der Waals surface area contributed by atoms with E-state index in [1.807, 2.05) is 25.1 Å². The molecule has 0 aromatic carbocycles. The second-order valence-corrected chi connectivity index (χ2v) is 3.67. The van der Waals surface area contributed by atoms with Gasteiger partial charge in [-0.1, -0.05) is 6.07 Å². The Kier molecular flexibility index (Phi) is 4.73. The van der Waals surface area contributed by atoms with Crippen molar-refractivity contribution in [1.29, 1.82) is 0 Å². The Morgan fingerprint density at radius 3 is 2.69 bits per heavy atom. The van der Waals surface area contributed by atoms with Crippen LogP contribution in [-0.4, -0.2) is 17.7 Å². The molecule has 0 atom stereocenters. The molecule has 0 saturated heterocycles. The zero-order valence-electron chi connectivity index (χ0n) is 9.14. The van der Waals surface area contributed by atoms with Gasteiger partial charge in [0.2, 0.25) is 0 Å². The maximum atomic E-state index is 11.8. The molecule has 0 bridgehead atoms. The van der Waals surface area contributed by atoms with Gasteiger partial charge in [0.05, 0.1) is 5.69 Å². The predicted molar refractivity (Wildman–Crippen MR) is 56.0 cm³/mol. The summed E-state index contributed by atoms with van der Waals surface area (Å²) in [5, 5.41) is 2.94. The highest BCUT2D eigenvalue weighted by atomic mass is 19.4. The van der Waals surface area contributed by atoms with Crippen LogP contribution in [0, 0.1) is 6.92 Å². The third-order valence-corrected chi connectivity index (χ3v) is 2.07. The summed E-state index contributed by atoms with van der Waals surface area (Å²) in [6, 6.07) is 5.62. The van der Waals surface area contributed by atoms with Crippen molar-refractivity contribution in [3.63, 3.8) is 0 Å². The van der Waals surface area contributed by atoms with E-state index in [0.717, 1.165) is 11.4 Å². The van der Waals surface area contributed by atoms with E-state index in [9.17, 15) is 13.2 Å². The van der Waals surface area contributed by atoms with Gasteiger partial charge in [0.25, 0.3) is 0 Å². The van der Waals surface area contributed by atoms with Crippen molar-refractivity contribution in [3.05, 3.63) is 29.6 Å². The van der Waals surface area contributed by atoms with E-state index in [1.165, 1.54) is 0 Å². The SMILES string of the molecule is Cc1cccc(CNCCCC(F)(F)F)n1. The lowest BCUT2D eigenvalue weighted by Crippen LogP contribution is -2.18. The monoisotopic (exact) mass is 232 g/mol. The molecule has 0 saturated carbocycles. The molecule has 0 amide bonds. The summed E-state index contributed by atoms with van der Waals surface area (Å²) in [7, 11) is 0. The largest absolute Gasteiger partial charge is 0.389 e. The summed E-state index contributed by atoms with van der Waals surface area (Å²) in [5.74, 6) is 0. The number of nitrogens with one attached hydrogen (secondary N) is 1. The fourth-order valence-corrected chi connectivity index (χ4v) is 1.33. The molecule has 1 rings (SSSR count). The number of nitrogens with zero attached hydrogens (tertiary/aromatic N) is 1. The molecule has 0 aliphatic carbocycles. The van der Waals surface area contributed by atoms with Crippen molar-refractivity contribution in [2.24, 2.45) is 0 Å². The fraction of sp³-hybridized carbons (Fsp3) is 0.545. The predicted octanol–water partition coefficient (Wildman–Crippen LogP) is 2.82. The maximum Gasteiger partial charge on any atom is 0.389 e. The first-order valence-electron chi connectivity index (χ1n) is 5.17. The molecule has 0 unspecified atom stereocenters. The Hall–Kier alpha value is -1.10. The van der Waals surface area contributed by atoms with Crippen LogP contribution in [0.5, 0.6) is 0 Å². The van der Waals surface area contributed by atoms with Crippen LogP contribution in [0.3, 0.4) is 0 Å². The first-order valence-corrected chi connectivity index (χ1v) is 5.17. The maximum absolute atomic E-state index is 11.8. The lowest BCUT2D eigenvalue weighted by Gasteiger charge is -2.07. The van der Waals surface area contributed by atoms with Crippen LogP contribution in [0.25, 0.3) is 0 Å².